The Bertz CT molecular complexity index is 791. The van der Waals surface area contributed by atoms with Gasteiger partial charge in [0.2, 0.25) is 0 Å². The number of carbonyl (C=O) groups is 2. The first-order valence-electron chi connectivity index (χ1n) is 7.91. The average Bonchev–Trinajstić information content (AvgIpc) is 2.62. The van der Waals surface area contributed by atoms with Gasteiger partial charge in [-0.25, -0.2) is 4.79 Å². The van der Waals surface area contributed by atoms with Crippen molar-refractivity contribution in [1.29, 1.82) is 0 Å². The average molecular weight is 378 g/mol. The molecule has 0 aliphatic rings. The number of hydrogen-bond acceptors (Lipinski definition) is 4. The molecule has 0 heterocycles. The summed E-state index contributed by atoms with van der Waals surface area (Å²) in [6.45, 7) is 3.40. The van der Waals surface area contributed by atoms with Crippen LogP contribution in [0, 0.1) is 6.92 Å². The second kappa shape index (κ2) is 8.58. The molecule has 2 unspecified atom stereocenters. The topological polar surface area (TPSA) is 84.9 Å². The van der Waals surface area contributed by atoms with Gasteiger partial charge in [0.05, 0.1) is 12.1 Å². The molecule has 2 aromatic carbocycles. The molecule has 0 saturated carbocycles. The quantitative estimate of drug-likeness (QED) is 0.772. The van der Waals surface area contributed by atoms with Gasteiger partial charge in [-0.15, -0.1) is 0 Å². The first-order chi connectivity index (χ1) is 12.3. The number of aliphatic carboxylic acids is 1. The molecule has 0 aliphatic carbocycles. The van der Waals surface area contributed by atoms with Crippen molar-refractivity contribution < 1.29 is 24.2 Å². The molecular weight excluding hydrogens is 358 g/mol. The number of carbonyl (C=O) groups excluding carboxylic acids is 1. The lowest BCUT2D eigenvalue weighted by Crippen LogP contribution is -2.41. The molecule has 0 aliphatic heterocycles. The minimum Gasteiger partial charge on any atom is -0.497 e. The third kappa shape index (κ3) is 4.89. The van der Waals surface area contributed by atoms with Crippen molar-refractivity contribution in [2.24, 2.45) is 0 Å². The lowest BCUT2D eigenvalue weighted by atomic mass is 10.1. The van der Waals surface area contributed by atoms with Crippen molar-refractivity contribution in [1.82, 2.24) is 5.32 Å². The van der Waals surface area contributed by atoms with Gasteiger partial charge in [-0.1, -0.05) is 29.8 Å². The normalized spacial score (nSPS) is 12.8. The number of aryl methyl sites for hydroxylation is 1. The van der Waals surface area contributed by atoms with Crippen molar-refractivity contribution >= 4 is 23.5 Å². The second-order valence-electron chi connectivity index (χ2n) is 5.75. The summed E-state index contributed by atoms with van der Waals surface area (Å²) in [7, 11) is 1.51. The van der Waals surface area contributed by atoms with Gasteiger partial charge in [0.25, 0.3) is 5.91 Å². The SMILES string of the molecule is COc1ccc(C(NC(=O)C(C)Oc2cc(C)ccc2Cl)C(=O)O)cc1. The van der Waals surface area contributed by atoms with Crippen LogP contribution in [-0.2, 0) is 9.59 Å². The molecule has 6 nitrogen and oxygen atoms in total. The Hall–Kier alpha value is -2.73. The van der Waals surface area contributed by atoms with Gasteiger partial charge in [-0.05, 0) is 49.2 Å². The van der Waals surface area contributed by atoms with E-state index in [1.165, 1.54) is 14.0 Å². The van der Waals surface area contributed by atoms with Gasteiger partial charge in [0.15, 0.2) is 12.1 Å². The minimum absolute atomic E-state index is 0.366. The van der Waals surface area contributed by atoms with Crippen LogP contribution in [-0.4, -0.2) is 30.2 Å². The molecule has 138 valence electrons. The number of benzene rings is 2. The van der Waals surface area contributed by atoms with Crippen molar-refractivity contribution in [3.05, 3.63) is 58.6 Å². The third-order valence-electron chi connectivity index (χ3n) is 3.74. The number of amides is 1. The fourth-order valence-electron chi connectivity index (χ4n) is 2.29. The van der Waals surface area contributed by atoms with E-state index in [0.717, 1.165) is 5.56 Å². The van der Waals surface area contributed by atoms with Crippen LogP contribution in [0.2, 0.25) is 5.02 Å². The molecule has 1 amide bonds. The van der Waals surface area contributed by atoms with E-state index in [1.54, 1.807) is 36.4 Å². The molecule has 0 radical (unpaired) electrons. The van der Waals surface area contributed by atoms with Gasteiger partial charge >= 0.3 is 5.97 Å². The van der Waals surface area contributed by atoms with Crippen LogP contribution < -0.4 is 14.8 Å². The summed E-state index contributed by atoms with van der Waals surface area (Å²) in [5.74, 6) is -0.782. The van der Waals surface area contributed by atoms with Crippen LogP contribution in [0.15, 0.2) is 42.5 Å². The summed E-state index contributed by atoms with van der Waals surface area (Å²) in [5.41, 5.74) is 1.35. The fraction of sp³-hybridized carbons (Fsp3) is 0.263. The van der Waals surface area contributed by atoms with Crippen LogP contribution in [0.25, 0.3) is 0 Å². The number of halogens is 1. The summed E-state index contributed by atoms with van der Waals surface area (Å²) >= 11 is 6.06. The van der Waals surface area contributed by atoms with Crippen molar-refractivity contribution in [3.8, 4) is 11.5 Å². The highest BCUT2D eigenvalue weighted by molar-refractivity contribution is 6.32. The number of hydrogen-bond donors (Lipinski definition) is 2. The Labute approximate surface area is 156 Å². The molecule has 7 heteroatoms. The second-order valence-corrected chi connectivity index (χ2v) is 6.15. The fourth-order valence-corrected chi connectivity index (χ4v) is 2.45. The van der Waals surface area contributed by atoms with E-state index in [-0.39, 0.29) is 0 Å². The zero-order valence-corrected chi connectivity index (χ0v) is 15.4. The summed E-state index contributed by atoms with van der Waals surface area (Å²) in [6.07, 6.45) is -0.922. The molecule has 0 fully saturated rings. The van der Waals surface area contributed by atoms with Crippen LogP contribution >= 0.6 is 11.6 Å². The Morgan fingerprint density at radius 3 is 2.38 bits per heavy atom. The lowest BCUT2D eigenvalue weighted by molar-refractivity contribution is -0.143. The molecule has 2 aromatic rings. The number of nitrogens with one attached hydrogen (secondary N) is 1. The minimum atomic E-state index is -1.20. The largest absolute Gasteiger partial charge is 0.497 e. The van der Waals surface area contributed by atoms with E-state index in [4.69, 9.17) is 21.1 Å². The van der Waals surface area contributed by atoms with E-state index in [2.05, 4.69) is 5.32 Å². The molecule has 0 bridgehead atoms. The van der Waals surface area contributed by atoms with Crippen molar-refractivity contribution in [3.63, 3.8) is 0 Å². The van der Waals surface area contributed by atoms with Gasteiger partial charge in [-0.2, -0.15) is 0 Å². The number of methoxy groups -OCH3 is 1. The highest BCUT2D eigenvalue weighted by atomic mass is 35.5. The first-order valence-corrected chi connectivity index (χ1v) is 8.29. The molecule has 2 atom stereocenters. The van der Waals surface area contributed by atoms with Gasteiger partial charge < -0.3 is 19.9 Å². The standard InChI is InChI=1S/C19H20ClNO5/c1-11-4-9-15(20)16(10-11)26-12(2)18(22)21-17(19(23)24)13-5-7-14(25-3)8-6-13/h4-10,12,17H,1-3H3,(H,21,22)(H,23,24). The molecule has 2 N–H and O–H groups in total. The van der Waals surface area contributed by atoms with Crippen LogP contribution in [0.1, 0.15) is 24.1 Å². The van der Waals surface area contributed by atoms with E-state index in [0.29, 0.717) is 22.1 Å². The monoisotopic (exact) mass is 377 g/mol. The predicted octanol–water partition coefficient (Wildman–Crippen LogP) is 3.37. The van der Waals surface area contributed by atoms with Crippen molar-refractivity contribution in [2.45, 2.75) is 26.0 Å². The molecular formula is C19H20ClNO5. The molecule has 0 aromatic heterocycles. The maximum Gasteiger partial charge on any atom is 0.330 e. The van der Waals surface area contributed by atoms with E-state index in [9.17, 15) is 14.7 Å². The van der Waals surface area contributed by atoms with Gasteiger partial charge in [-0.3, -0.25) is 4.79 Å². The smallest absolute Gasteiger partial charge is 0.330 e. The van der Waals surface area contributed by atoms with Gasteiger partial charge in [0, 0.05) is 0 Å². The number of ether oxygens (including phenoxy) is 2. The number of carboxylic acid groups (broad SMARTS) is 1. The maximum absolute atomic E-state index is 12.4. The number of carboxylic acids is 1. The highest BCUT2D eigenvalue weighted by Gasteiger charge is 2.26. The number of rotatable bonds is 7. The Kier molecular flexibility index (Phi) is 6.46. The summed E-state index contributed by atoms with van der Waals surface area (Å²) in [6, 6.07) is 10.4. The lowest BCUT2D eigenvalue weighted by Gasteiger charge is -2.20. The first kappa shape index (κ1) is 19.6. The zero-order valence-electron chi connectivity index (χ0n) is 14.7. The van der Waals surface area contributed by atoms with E-state index >= 15 is 0 Å². The van der Waals surface area contributed by atoms with Crippen LogP contribution in [0.4, 0.5) is 0 Å². The summed E-state index contributed by atoms with van der Waals surface area (Å²) in [4.78, 5) is 23.9. The summed E-state index contributed by atoms with van der Waals surface area (Å²) < 4.78 is 10.6. The highest BCUT2D eigenvalue weighted by Crippen LogP contribution is 2.26. The molecule has 0 spiro atoms. The maximum atomic E-state index is 12.4. The molecule has 0 saturated heterocycles. The van der Waals surface area contributed by atoms with Crippen LogP contribution in [0.3, 0.4) is 0 Å². The zero-order chi connectivity index (χ0) is 19.3. The van der Waals surface area contributed by atoms with Crippen LogP contribution in [0.5, 0.6) is 11.5 Å². The predicted molar refractivity (Wildman–Crippen MR) is 97.8 cm³/mol. The Morgan fingerprint density at radius 1 is 1.15 bits per heavy atom. The van der Waals surface area contributed by atoms with Crippen molar-refractivity contribution in [2.75, 3.05) is 7.11 Å². The van der Waals surface area contributed by atoms with E-state index < -0.39 is 24.0 Å². The van der Waals surface area contributed by atoms with E-state index in [1.807, 2.05) is 13.0 Å². The molecule has 2 rings (SSSR count). The Balaban J connectivity index is 2.11. The molecule has 26 heavy (non-hydrogen) atoms. The van der Waals surface area contributed by atoms with Gasteiger partial charge in [0.1, 0.15) is 11.5 Å². The Morgan fingerprint density at radius 2 is 1.81 bits per heavy atom. The third-order valence-corrected chi connectivity index (χ3v) is 4.05. The summed E-state index contributed by atoms with van der Waals surface area (Å²) in [5, 5.41) is 12.3.